The molecule has 0 aromatic heterocycles. The van der Waals surface area contributed by atoms with E-state index >= 15 is 0 Å². The highest BCUT2D eigenvalue weighted by atomic mass is 19.1. The molecule has 4 heteroatoms. The minimum absolute atomic E-state index is 0.158. The van der Waals surface area contributed by atoms with E-state index in [1.54, 1.807) is 12.1 Å². The minimum atomic E-state index is -0.158. The lowest BCUT2D eigenvalue weighted by Gasteiger charge is -2.30. The predicted octanol–water partition coefficient (Wildman–Crippen LogP) is 2.34. The predicted molar refractivity (Wildman–Crippen MR) is 85.2 cm³/mol. The molecule has 0 radical (unpaired) electrons. The summed E-state index contributed by atoms with van der Waals surface area (Å²) in [6.07, 6.45) is 3.82. The van der Waals surface area contributed by atoms with Crippen molar-refractivity contribution >= 4 is 5.69 Å². The van der Waals surface area contributed by atoms with Gasteiger partial charge in [-0.2, -0.15) is 0 Å². The van der Waals surface area contributed by atoms with E-state index < -0.39 is 0 Å². The van der Waals surface area contributed by atoms with Crippen LogP contribution in [0.3, 0.4) is 0 Å². The lowest BCUT2D eigenvalue weighted by atomic mass is 9.97. The first kappa shape index (κ1) is 14.8. The average Bonchev–Trinajstić information content (AvgIpc) is 2.96. The molecule has 21 heavy (non-hydrogen) atoms. The van der Waals surface area contributed by atoms with E-state index in [1.165, 1.54) is 32.4 Å². The van der Waals surface area contributed by atoms with Gasteiger partial charge in [0.2, 0.25) is 0 Å². The highest BCUT2D eigenvalue weighted by molar-refractivity contribution is 5.47. The molecule has 2 saturated heterocycles. The maximum Gasteiger partial charge on any atom is 0.123 e. The molecular weight excluding hydrogens is 265 g/mol. The Kier molecular flexibility index (Phi) is 4.76. The van der Waals surface area contributed by atoms with Gasteiger partial charge in [-0.25, -0.2) is 4.39 Å². The van der Waals surface area contributed by atoms with Gasteiger partial charge < -0.3 is 15.1 Å². The SMILES string of the molecule is CN1CCC(CN[C@H]2CCN(c3ccc(F)cc3)C2)CC1. The van der Waals surface area contributed by atoms with E-state index in [0.29, 0.717) is 6.04 Å². The Morgan fingerprint density at radius 2 is 1.81 bits per heavy atom. The van der Waals surface area contributed by atoms with E-state index in [9.17, 15) is 4.39 Å². The van der Waals surface area contributed by atoms with Crippen molar-refractivity contribution in [3.8, 4) is 0 Å². The zero-order valence-electron chi connectivity index (χ0n) is 12.9. The van der Waals surface area contributed by atoms with E-state index in [-0.39, 0.29) is 5.82 Å². The van der Waals surface area contributed by atoms with Crippen LogP contribution < -0.4 is 10.2 Å². The Balaban J connectivity index is 1.43. The van der Waals surface area contributed by atoms with Crippen molar-refractivity contribution in [1.29, 1.82) is 0 Å². The fraction of sp³-hybridized carbons (Fsp3) is 0.647. The van der Waals surface area contributed by atoms with E-state index in [0.717, 1.165) is 31.2 Å². The molecule has 0 spiro atoms. The molecule has 0 aliphatic carbocycles. The molecule has 116 valence electrons. The second-order valence-corrected chi connectivity index (χ2v) is 6.56. The van der Waals surface area contributed by atoms with Crippen LogP contribution in [0.15, 0.2) is 24.3 Å². The van der Waals surface area contributed by atoms with Gasteiger partial charge in [-0.3, -0.25) is 0 Å². The van der Waals surface area contributed by atoms with E-state index in [1.807, 2.05) is 12.1 Å². The summed E-state index contributed by atoms with van der Waals surface area (Å²) in [4.78, 5) is 4.77. The molecular formula is C17H26FN3. The molecule has 1 atom stereocenters. The fourth-order valence-corrected chi connectivity index (χ4v) is 3.41. The Morgan fingerprint density at radius 3 is 2.52 bits per heavy atom. The van der Waals surface area contributed by atoms with Gasteiger partial charge in [0.1, 0.15) is 5.82 Å². The molecule has 3 rings (SSSR count). The summed E-state index contributed by atoms with van der Waals surface area (Å²) in [7, 11) is 2.21. The highest BCUT2D eigenvalue weighted by Crippen LogP contribution is 2.21. The van der Waals surface area contributed by atoms with Crippen LogP contribution in [0.25, 0.3) is 0 Å². The normalized spacial score (nSPS) is 24.7. The van der Waals surface area contributed by atoms with E-state index in [4.69, 9.17) is 0 Å². The summed E-state index contributed by atoms with van der Waals surface area (Å²) >= 11 is 0. The van der Waals surface area contributed by atoms with Crippen LogP contribution in [0.5, 0.6) is 0 Å². The van der Waals surface area contributed by atoms with Crippen LogP contribution in [-0.4, -0.2) is 50.7 Å². The third-order valence-electron chi connectivity index (χ3n) is 4.91. The Bertz CT molecular complexity index is 440. The third-order valence-corrected chi connectivity index (χ3v) is 4.91. The van der Waals surface area contributed by atoms with Gasteiger partial charge in [0.15, 0.2) is 0 Å². The summed E-state index contributed by atoms with van der Waals surface area (Å²) < 4.78 is 13.0. The van der Waals surface area contributed by atoms with Gasteiger partial charge in [0.25, 0.3) is 0 Å². The van der Waals surface area contributed by atoms with Crippen molar-refractivity contribution < 1.29 is 4.39 Å². The van der Waals surface area contributed by atoms with Crippen LogP contribution in [0.1, 0.15) is 19.3 Å². The Morgan fingerprint density at radius 1 is 1.10 bits per heavy atom. The lowest BCUT2D eigenvalue weighted by Crippen LogP contribution is -2.39. The quantitative estimate of drug-likeness (QED) is 0.918. The molecule has 2 fully saturated rings. The first-order valence-electron chi connectivity index (χ1n) is 8.13. The van der Waals surface area contributed by atoms with Crippen molar-refractivity contribution in [2.24, 2.45) is 5.92 Å². The molecule has 0 amide bonds. The Labute approximate surface area is 127 Å². The number of hydrogen-bond donors (Lipinski definition) is 1. The molecule has 2 heterocycles. The third kappa shape index (κ3) is 3.95. The zero-order chi connectivity index (χ0) is 14.7. The van der Waals surface area contributed by atoms with Gasteiger partial charge in [-0.05, 0) is 76.1 Å². The summed E-state index contributed by atoms with van der Waals surface area (Å²) in [6, 6.07) is 7.45. The smallest absolute Gasteiger partial charge is 0.123 e. The monoisotopic (exact) mass is 291 g/mol. The van der Waals surface area contributed by atoms with Crippen LogP contribution in [0.4, 0.5) is 10.1 Å². The summed E-state index contributed by atoms with van der Waals surface area (Å²) in [6.45, 7) is 5.72. The second kappa shape index (κ2) is 6.75. The molecule has 1 aromatic carbocycles. The minimum Gasteiger partial charge on any atom is -0.370 e. The molecule has 2 aliphatic rings. The Hall–Kier alpha value is -1.13. The second-order valence-electron chi connectivity index (χ2n) is 6.56. The summed E-state index contributed by atoms with van der Waals surface area (Å²) in [5, 5.41) is 3.74. The van der Waals surface area contributed by atoms with Gasteiger partial charge in [0.05, 0.1) is 0 Å². The van der Waals surface area contributed by atoms with Crippen LogP contribution >= 0.6 is 0 Å². The highest BCUT2D eigenvalue weighted by Gasteiger charge is 2.24. The molecule has 2 aliphatic heterocycles. The first-order valence-corrected chi connectivity index (χ1v) is 8.13. The standard InChI is InChI=1S/C17H26FN3/c1-20-9-6-14(7-10-20)12-19-16-8-11-21(13-16)17-4-2-15(18)3-5-17/h2-5,14,16,19H,6-13H2,1H3/t16-/m0/s1. The molecule has 1 N–H and O–H groups in total. The van der Waals surface area contributed by atoms with Crippen molar-refractivity contribution in [2.75, 3.05) is 44.7 Å². The summed E-state index contributed by atoms with van der Waals surface area (Å²) in [5.41, 5.74) is 1.14. The first-order chi connectivity index (χ1) is 10.2. The zero-order valence-corrected chi connectivity index (χ0v) is 12.9. The summed E-state index contributed by atoms with van der Waals surface area (Å²) in [5.74, 6) is 0.677. The van der Waals surface area contributed by atoms with Crippen LogP contribution in [0.2, 0.25) is 0 Å². The van der Waals surface area contributed by atoms with Crippen molar-refractivity contribution in [3.05, 3.63) is 30.1 Å². The maximum absolute atomic E-state index is 13.0. The number of halogens is 1. The number of benzene rings is 1. The number of nitrogens with one attached hydrogen (secondary N) is 1. The number of piperidine rings is 1. The van der Waals surface area contributed by atoms with Crippen LogP contribution in [0, 0.1) is 11.7 Å². The number of likely N-dealkylation sites (tertiary alicyclic amines) is 1. The van der Waals surface area contributed by atoms with Gasteiger partial charge in [-0.15, -0.1) is 0 Å². The fourth-order valence-electron chi connectivity index (χ4n) is 3.41. The number of hydrogen-bond acceptors (Lipinski definition) is 3. The molecule has 0 unspecified atom stereocenters. The lowest BCUT2D eigenvalue weighted by molar-refractivity contribution is 0.213. The largest absolute Gasteiger partial charge is 0.370 e. The van der Waals surface area contributed by atoms with Gasteiger partial charge in [0, 0.05) is 24.8 Å². The number of anilines is 1. The number of rotatable bonds is 4. The van der Waals surface area contributed by atoms with Gasteiger partial charge >= 0.3 is 0 Å². The van der Waals surface area contributed by atoms with E-state index in [2.05, 4.69) is 22.2 Å². The van der Waals surface area contributed by atoms with Crippen molar-refractivity contribution in [1.82, 2.24) is 10.2 Å². The van der Waals surface area contributed by atoms with Gasteiger partial charge in [-0.1, -0.05) is 0 Å². The molecule has 0 saturated carbocycles. The molecule has 1 aromatic rings. The van der Waals surface area contributed by atoms with Crippen molar-refractivity contribution in [3.63, 3.8) is 0 Å². The average molecular weight is 291 g/mol. The maximum atomic E-state index is 13.0. The topological polar surface area (TPSA) is 18.5 Å². The van der Waals surface area contributed by atoms with Crippen LogP contribution in [-0.2, 0) is 0 Å². The molecule has 3 nitrogen and oxygen atoms in total. The molecule has 0 bridgehead atoms. The van der Waals surface area contributed by atoms with Crippen molar-refractivity contribution in [2.45, 2.75) is 25.3 Å². The number of nitrogens with zero attached hydrogens (tertiary/aromatic N) is 2.